The average molecular weight is 268 g/mol. The van der Waals surface area contributed by atoms with Crippen LogP contribution in [0.4, 0.5) is 0 Å². The van der Waals surface area contributed by atoms with Gasteiger partial charge in [0.05, 0.1) is 12.5 Å². The molecule has 0 fully saturated rings. The molecule has 1 aromatic carbocycles. The van der Waals surface area contributed by atoms with Crippen molar-refractivity contribution in [1.82, 2.24) is 0 Å². The van der Waals surface area contributed by atoms with E-state index in [0.29, 0.717) is 5.75 Å². The number of carboxylic acid groups (broad SMARTS) is 1. The fourth-order valence-electron chi connectivity index (χ4n) is 1.47. The molecule has 0 saturated heterocycles. The number of hydrogen-bond donors (Lipinski definition) is 1. The number of hydrogen-bond acceptors (Lipinski definition) is 3. The molecule has 0 aliphatic rings. The summed E-state index contributed by atoms with van der Waals surface area (Å²) in [5.74, 6) is 0.654. The Kier molecular flexibility index (Phi) is 4.68. The maximum absolute atomic E-state index is 11.1. The van der Waals surface area contributed by atoms with Crippen LogP contribution in [0.3, 0.4) is 0 Å². The zero-order valence-corrected chi connectivity index (χ0v) is 12.4. The van der Waals surface area contributed by atoms with E-state index in [1.54, 1.807) is 32.7 Å². The zero-order valence-electron chi connectivity index (χ0n) is 11.5. The SMILES string of the molecule is COc1ccc(SCC(C)(C)C(=O)O)c(C)c1C. The van der Waals surface area contributed by atoms with E-state index < -0.39 is 11.4 Å². The Morgan fingerprint density at radius 2 is 1.94 bits per heavy atom. The maximum Gasteiger partial charge on any atom is 0.309 e. The van der Waals surface area contributed by atoms with Crippen LogP contribution in [0.5, 0.6) is 5.75 Å². The van der Waals surface area contributed by atoms with Crippen molar-refractivity contribution in [2.45, 2.75) is 32.6 Å². The maximum atomic E-state index is 11.1. The third kappa shape index (κ3) is 3.19. The van der Waals surface area contributed by atoms with Crippen molar-refractivity contribution in [2.75, 3.05) is 12.9 Å². The Bertz CT molecular complexity index is 453. The number of benzene rings is 1. The van der Waals surface area contributed by atoms with Crippen LogP contribution in [0.25, 0.3) is 0 Å². The Balaban J connectivity index is 2.87. The summed E-state index contributed by atoms with van der Waals surface area (Å²) in [6.07, 6.45) is 0. The highest BCUT2D eigenvalue weighted by Gasteiger charge is 2.27. The molecule has 0 amide bonds. The number of thioether (sulfide) groups is 1. The van der Waals surface area contributed by atoms with Crippen LogP contribution in [0.2, 0.25) is 0 Å². The zero-order chi connectivity index (χ0) is 13.9. The molecule has 0 unspecified atom stereocenters. The lowest BCUT2D eigenvalue weighted by atomic mass is 9.97. The smallest absolute Gasteiger partial charge is 0.309 e. The molecule has 0 saturated carbocycles. The molecule has 3 nitrogen and oxygen atoms in total. The summed E-state index contributed by atoms with van der Waals surface area (Å²) in [7, 11) is 1.65. The fourth-order valence-corrected chi connectivity index (χ4v) is 2.64. The molecule has 100 valence electrons. The molecule has 0 aromatic heterocycles. The van der Waals surface area contributed by atoms with Gasteiger partial charge in [0.15, 0.2) is 0 Å². The van der Waals surface area contributed by atoms with Gasteiger partial charge in [-0.15, -0.1) is 11.8 Å². The lowest BCUT2D eigenvalue weighted by molar-refractivity contribution is -0.145. The molecular formula is C14H20O3S. The number of methoxy groups -OCH3 is 1. The Labute approximate surface area is 113 Å². The van der Waals surface area contributed by atoms with Gasteiger partial charge in [0.2, 0.25) is 0 Å². The second kappa shape index (κ2) is 5.65. The summed E-state index contributed by atoms with van der Waals surface area (Å²) in [5, 5.41) is 9.09. The van der Waals surface area contributed by atoms with Gasteiger partial charge in [-0.25, -0.2) is 0 Å². The minimum atomic E-state index is -0.766. The van der Waals surface area contributed by atoms with E-state index in [-0.39, 0.29) is 0 Å². The van der Waals surface area contributed by atoms with Crippen molar-refractivity contribution in [1.29, 1.82) is 0 Å². The quantitative estimate of drug-likeness (QED) is 0.830. The monoisotopic (exact) mass is 268 g/mol. The third-order valence-electron chi connectivity index (χ3n) is 3.08. The van der Waals surface area contributed by atoms with Crippen LogP contribution in [-0.2, 0) is 4.79 Å². The molecule has 4 heteroatoms. The topological polar surface area (TPSA) is 46.5 Å². The highest BCUT2D eigenvalue weighted by Crippen LogP contribution is 2.34. The van der Waals surface area contributed by atoms with Gasteiger partial charge in [-0.1, -0.05) is 0 Å². The first-order valence-electron chi connectivity index (χ1n) is 5.80. The van der Waals surface area contributed by atoms with Crippen LogP contribution in [-0.4, -0.2) is 23.9 Å². The molecule has 0 spiro atoms. The molecule has 1 N–H and O–H groups in total. The van der Waals surface area contributed by atoms with Gasteiger partial charge < -0.3 is 9.84 Å². The normalized spacial score (nSPS) is 11.4. The van der Waals surface area contributed by atoms with E-state index in [0.717, 1.165) is 21.8 Å². The number of carbonyl (C=O) groups is 1. The Hall–Kier alpha value is -1.16. The van der Waals surface area contributed by atoms with Crippen LogP contribution < -0.4 is 4.74 Å². The predicted octanol–water partition coefficient (Wildman–Crippen LogP) is 3.51. The molecule has 0 heterocycles. The molecule has 1 rings (SSSR count). The Morgan fingerprint density at radius 1 is 1.33 bits per heavy atom. The second-order valence-corrected chi connectivity index (χ2v) is 6.01. The number of ether oxygens (including phenoxy) is 1. The highest BCUT2D eigenvalue weighted by atomic mass is 32.2. The molecule has 0 radical (unpaired) electrons. The molecule has 0 atom stereocenters. The highest BCUT2D eigenvalue weighted by molar-refractivity contribution is 7.99. The summed E-state index contributed by atoms with van der Waals surface area (Å²) < 4.78 is 5.26. The van der Waals surface area contributed by atoms with Crippen molar-refractivity contribution < 1.29 is 14.6 Å². The lowest BCUT2D eigenvalue weighted by Crippen LogP contribution is -2.26. The summed E-state index contributed by atoms with van der Waals surface area (Å²) >= 11 is 1.58. The van der Waals surface area contributed by atoms with Gasteiger partial charge in [-0.2, -0.15) is 0 Å². The van der Waals surface area contributed by atoms with Crippen LogP contribution in [0.15, 0.2) is 17.0 Å². The van der Waals surface area contributed by atoms with Crippen molar-refractivity contribution in [3.8, 4) is 5.75 Å². The molecule has 0 bridgehead atoms. The molecule has 1 aromatic rings. The number of carboxylic acids is 1. The fraction of sp³-hybridized carbons (Fsp3) is 0.500. The van der Waals surface area contributed by atoms with E-state index in [4.69, 9.17) is 9.84 Å². The third-order valence-corrected chi connectivity index (χ3v) is 4.69. The van der Waals surface area contributed by atoms with Crippen molar-refractivity contribution in [2.24, 2.45) is 5.41 Å². The first kappa shape index (κ1) is 14.9. The van der Waals surface area contributed by atoms with Gasteiger partial charge >= 0.3 is 5.97 Å². The second-order valence-electron chi connectivity index (χ2n) is 4.99. The predicted molar refractivity (Wildman–Crippen MR) is 74.6 cm³/mol. The van der Waals surface area contributed by atoms with E-state index >= 15 is 0 Å². The van der Waals surface area contributed by atoms with Crippen molar-refractivity contribution in [3.05, 3.63) is 23.3 Å². The van der Waals surface area contributed by atoms with E-state index in [1.807, 2.05) is 26.0 Å². The lowest BCUT2D eigenvalue weighted by Gasteiger charge is -2.19. The minimum absolute atomic E-state index is 0.551. The molecule has 0 aliphatic carbocycles. The number of rotatable bonds is 5. The summed E-state index contributed by atoms with van der Waals surface area (Å²) in [6, 6.07) is 3.92. The van der Waals surface area contributed by atoms with Crippen molar-refractivity contribution in [3.63, 3.8) is 0 Å². The minimum Gasteiger partial charge on any atom is -0.496 e. The van der Waals surface area contributed by atoms with E-state index in [1.165, 1.54) is 0 Å². The molecular weight excluding hydrogens is 248 g/mol. The van der Waals surface area contributed by atoms with E-state index in [9.17, 15) is 4.79 Å². The van der Waals surface area contributed by atoms with Gasteiger partial charge in [0.1, 0.15) is 5.75 Å². The van der Waals surface area contributed by atoms with Gasteiger partial charge in [-0.3, -0.25) is 4.79 Å². The summed E-state index contributed by atoms with van der Waals surface area (Å²) in [4.78, 5) is 12.2. The standard InChI is InChI=1S/C14H20O3S/c1-9-10(2)12(7-6-11(9)17-5)18-8-14(3,4)13(15)16/h6-7H,8H2,1-5H3,(H,15,16). The van der Waals surface area contributed by atoms with Crippen LogP contribution in [0.1, 0.15) is 25.0 Å². The van der Waals surface area contributed by atoms with Gasteiger partial charge in [0.25, 0.3) is 0 Å². The van der Waals surface area contributed by atoms with Crippen LogP contribution in [0, 0.1) is 19.3 Å². The Morgan fingerprint density at radius 3 is 2.44 bits per heavy atom. The number of aliphatic carboxylic acids is 1. The average Bonchev–Trinajstić information content (AvgIpc) is 2.31. The molecule has 0 aliphatic heterocycles. The molecule has 18 heavy (non-hydrogen) atoms. The first-order chi connectivity index (χ1) is 8.29. The van der Waals surface area contributed by atoms with E-state index in [2.05, 4.69) is 0 Å². The van der Waals surface area contributed by atoms with Gasteiger partial charge in [0, 0.05) is 10.6 Å². The van der Waals surface area contributed by atoms with Gasteiger partial charge in [-0.05, 0) is 51.0 Å². The van der Waals surface area contributed by atoms with Crippen LogP contribution >= 0.6 is 11.8 Å². The first-order valence-corrected chi connectivity index (χ1v) is 6.78. The van der Waals surface area contributed by atoms with Crippen molar-refractivity contribution >= 4 is 17.7 Å². The largest absolute Gasteiger partial charge is 0.496 e. The summed E-state index contributed by atoms with van der Waals surface area (Å²) in [5.41, 5.74) is 1.54. The summed E-state index contributed by atoms with van der Waals surface area (Å²) in [6.45, 7) is 7.54.